The molecule has 1 aliphatic rings. The Morgan fingerprint density at radius 3 is 2.17 bits per heavy atom. The van der Waals surface area contributed by atoms with E-state index in [2.05, 4.69) is 5.32 Å². The summed E-state index contributed by atoms with van der Waals surface area (Å²) in [5.41, 5.74) is 0.706. The topological polar surface area (TPSA) is 66.5 Å². The van der Waals surface area contributed by atoms with Crippen molar-refractivity contribution < 1.29 is 13.2 Å². The molecule has 1 heterocycles. The highest BCUT2D eigenvalue weighted by Gasteiger charge is 2.31. The van der Waals surface area contributed by atoms with Crippen LogP contribution >= 0.6 is 35.0 Å². The highest BCUT2D eigenvalue weighted by Crippen LogP contribution is 2.23. The van der Waals surface area contributed by atoms with Crippen molar-refractivity contribution in [2.45, 2.75) is 23.5 Å². The number of hydrogen-bond acceptors (Lipinski definition) is 4. The van der Waals surface area contributed by atoms with Crippen LogP contribution in [0.2, 0.25) is 10.0 Å². The normalized spacial score (nSPS) is 15.8. The van der Waals surface area contributed by atoms with Gasteiger partial charge >= 0.3 is 0 Å². The molecule has 1 saturated heterocycles. The van der Waals surface area contributed by atoms with Gasteiger partial charge in [-0.2, -0.15) is 0 Å². The zero-order valence-electron chi connectivity index (χ0n) is 16.4. The van der Waals surface area contributed by atoms with Crippen molar-refractivity contribution in [3.05, 3.63) is 64.1 Å². The van der Waals surface area contributed by atoms with E-state index in [1.807, 2.05) is 24.3 Å². The lowest BCUT2D eigenvalue weighted by Crippen LogP contribution is -2.43. The van der Waals surface area contributed by atoms with Crippen LogP contribution in [0.4, 0.5) is 0 Å². The van der Waals surface area contributed by atoms with E-state index in [0.29, 0.717) is 48.1 Å². The maximum Gasteiger partial charge on any atom is 0.223 e. The summed E-state index contributed by atoms with van der Waals surface area (Å²) in [7, 11) is -3.41. The van der Waals surface area contributed by atoms with E-state index >= 15 is 0 Å². The Hall–Kier alpha value is -1.25. The van der Waals surface area contributed by atoms with E-state index in [-0.39, 0.29) is 17.6 Å². The van der Waals surface area contributed by atoms with Gasteiger partial charge < -0.3 is 5.32 Å². The largest absolute Gasteiger partial charge is 0.355 e. The average molecular weight is 487 g/mol. The van der Waals surface area contributed by atoms with Crippen molar-refractivity contribution in [3.8, 4) is 0 Å². The molecule has 0 radical (unpaired) electrons. The number of benzene rings is 2. The highest BCUT2D eigenvalue weighted by molar-refractivity contribution is 7.99. The highest BCUT2D eigenvalue weighted by atomic mass is 35.5. The Balaban J connectivity index is 1.40. The molecule has 1 amide bonds. The third-order valence-electron chi connectivity index (χ3n) is 4.96. The minimum atomic E-state index is -3.41. The summed E-state index contributed by atoms with van der Waals surface area (Å²) >= 11 is 13.4. The van der Waals surface area contributed by atoms with Gasteiger partial charge in [-0.05, 0) is 54.8 Å². The molecule has 1 aliphatic heterocycles. The second-order valence-corrected chi connectivity index (χ2v) is 11.2. The fraction of sp³-hybridized carbons (Fsp3) is 0.381. The monoisotopic (exact) mass is 486 g/mol. The first-order valence-electron chi connectivity index (χ1n) is 9.72. The molecule has 0 saturated carbocycles. The number of sulfonamides is 1. The Morgan fingerprint density at radius 2 is 1.57 bits per heavy atom. The van der Waals surface area contributed by atoms with Gasteiger partial charge in [-0.3, -0.25) is 4.79 Å². The predicted molar refractivity (Wildman–Crippen MR) is 124 cm³/mol. The fourth-order valence-electron chi connectivity index (χ4n) is 3.30. The average Bonchev–Trinajstić information content (AvgIpc) is 2.74. The van der Waals surface area contributed by atoms with Gasteiger partial charge in [-0.15, -0.1) is 11.8 Å². The summed E-state index contributed by atoms with van der Waals surface area (Å²) in [5.74, 6) is 0.568. The summed E-state index contributed by atoms with van der Waals surface area (Å²) in [5, 5.41) is 4.25. The van der Waals surface area contributed by atoms with Crippen LogP contribution in [0.3, 0.4) is 0 Å². The third kappa shape index (κ3) is 6.89. The number of piperidine rings is 1. The zero-order chi connectivity index (χ0) is 21.6. The van der Waals surface area contributed by atoms with E-state index in [9.17, 15) is 13.2 Å². The van der Waals surface area contributed by atoms with Gasteiger partial charge in [0.2, 0.25) is 15.9 Å². The minimum Gasteiger partial charge on any atom is -0.355 e. The summed E-state index contributed by atoms with van der Waals surface area (Å²) in [6, 6.07) is 14.4. The standard InChI is InChI=1S/C21H24Cl2N2O3S2/c22-18-3-1-16(2-4-18)15-30(27,28)25-12-9-17(10-13-25)21(26)24-11-14-29-20-7-5-19(23)6-8-20/h1-8,17H,9-15H2,(H,24,26). The predicted octanol–water partition coefficient (Wildman–Crippen LogP) is 4.44. The molecule has 5 nitrogen and oxygen atoms in total. The van der Waals surface area contributed by atoms with Gasteiger partial charge in [0.15, 0.2) is 0 Å². The fourth-order valence-corrected chi connectivity index (χ4v) is 5.88. The summed E-state index contributed by atoms with van der Waals surface area (Å²) in [4.78, 5) is 13.5. The second-order valence-electron chi connectivity index (χ2n) is 7.15. The molecule has 0 bridgehead atoms. The van der Waals surface area contributed by atoms with E-state index in [1.54, 1.807) is 36.0 Å². The quantitative estimate of drug-likeness (QED) is 0.442. The van der Waals surface area contributed by atoms with Crippen LogP contribution in [0.25, 0.3) is 0 Å². The molecule has 1 fully saturated rings. The molecule has 2 aromatic rings. The lowest BCUT2D eigenvalue weighted by Gasteiger charge is -2.30. The lowest BCUT2D eigenvalue weighted by atomic mass is 9.97. The minimum absolute atomic E-state index is 0.00135. The first kappa shape index (κ1) is 23.4. The first-order valence-corrected chi connectivity index (χ1v) is 13.1. The third-order valence-corrected chi connectivity index (χ3v) is 8.33. The molecule has 0 unspecified atom stereocenters. The smallest absolute Gasteiger partial charge is 0.223 e. The molecule has 162 valence electrons. The Kier molecular flexibility index (Phi) is 8.48. The number of nitrogens with zero attached hydrogens (tertiary/aromatic N) is 1. The Labute approximate surface area is 192 Å². The van der Waals surface area contributed by atoms with Crippen LogP contribution in [-0.4, -0.2) is 44.0 Å². The van der Waals surface area contributed by atoms with E-state index in [0.717, 1.165) is 10.6 Å². The van der Waals surface area contributed by atoms with Crippen LogP contribution in [0.5, 0.6) is 0 Å². The molecule has 0 atom stereocenters. The van der Waals surface area contributed by atoms with E-state index in [4.69, 9.17) is 23.2 Å². The summed E-state index contributed by atoms with van der Waals surface area (Å²) < 4.78 is 26.8. The van der Waals surface area contributed by atoms with Crippen molar-refractivity contribution in [1.29, 1.82) is 0 Å². The number of nitrogens with one attached hydrogen (secondary N) is 1. The Morgan fingerprint density at radius 1 is 1.00 bits per heavy atom. The number of amides is 1. The molecule has 1 N–H and O–H groups in total. The lowest BCUT2D eigenvalue weighted by molar-refractivity contribution is -0.125. The zero-order valence-corrected chi connectivity index (χ0v) is 19.5. The molecule has 9 heteroatoms. The van der Waals surface area contributed by atoms with E-state index in [1.165, 1.54) is 4.31 Å². The maximum atomic E-state index is 12.7. The number of carbonyl (C=O) groups excluding carboxylic acids is 1. The van der Waals surface area contributed by atoms with E-state index < -0.39 is 10.0 Å². The van der Waals surface area contributed by atoms with Gasteiger partial charge in [0.25, 0.3) is 0 Å². The number of rotatable bonds is 8. The van der Waals surface area contributed by atoms with Gasteiger partial charge in [0.1, 0.15) is 0 Å². The van der Waals surface area contributed by atoms with Crippen LogP contribution < -0.4 is 5.32 Å². The molecular formula is C21H24Cl2N2O3S2. The molecule has 3 rings (SSSR count). The van der Waals surface area contributed by atoms with Gasteiger partial charge in [0, 0.05) is 46.2 Å². The molecule has 30 heavy (non-hydrogen) atoms. The molecular weight excluding hydrogens is 463 g/mol. The first-order chi connectivity index (χ1) is 14.3. The number of hydrogen-bond donors (Lipinski definition) is 1. The van der Waals surface area contributed by atoms with Crippen molar-refractivity contribution in [3.63, 3.8) is 0 Å². The van der Waals surface area contributed by atoms with Crippen LogP contribution in [0.15, 0.2) is 53.4 Å². The second kappa shape index (κ2) is 10.9. The molecule has 0 aromatic heterocycles. The van der Waals surface area contributed by atoms with Crippen molar-refractivity contribution >= 4 is 50.9 Å². The van der Waals surface area contributed by atoms with Crippen LogP contribution in [0, 0.1) is 5.92 Å². The number of thioether (sulfide) groups is 1. The summed E-state index contributed by atoms with van der Waals surface area (Å²) in [6.45, 7) is 1.31. The molecule has 0 aliphatic carbocycles. The molecule has 2 aromatic carbocycles. The van der Waals surface area contributed by atoms with Gasteiger partial charge in [0.05, 0.1) is 5.75 Å². The van der Waals surface area contributed by atoms with Crippen molar-refractivity contribution in [2.75, 3.05) is 25.4 Å². The van der Waals surface area contributed by atoms with Gasteiger partial charge in [-0.25, -0.2) is 12.7 Å². The number of carbonyl (C=O) groups is 1. The van der Waals surface area contributed by atoms with Crippen molar-refractivity contribution in [1.82, 2.24) is 9.62 Å². The van der Waals surface area contributed by atoms with Gasteiger partial charge in [-0.1, -0.05) is 35.3 Å². The number of halogens is 2. The van der Waals surface area contributed by atoms with Crippen LogP contribution in [-0.2, 0) is 20.6 Å². The van der Waals surface area contributed by atoms with Crippen LogP contribution in [0.1, 0.15) is 18.4 Å². The van der Waals surface area contributed by atoms with Crippen molar-refractivity contribution in [2.24, 2.45) is 5.92 Å². The SMILES string of the molecule is O=C(NCCSc1ccc(Cl)cc1)C1CCN(S(=O)(=O)Cc2ccc(Cl)cc2)CC1. The Bertz CT molecular complexity index is 943. The maximum absolute atomic E-state index is 12.7. The molecule has 0 spiro atoms. The summed E-state index contributed by atoms with van der Waals surface area (Å²) in [6.07, 6.45) is 1.08.